The van der Waals surface area contributed by atoms with Crippen LogP contribution in [0, 0.1) is 0 Å². The molecule has 0 aliphatic rings. The van der Waals surface area contributed by atoms with Crippen LogP contribution in [0.4, 0.5) is 5.69 Å². The lowest BCUT2D eigenvalue weighted by Gasteiger charge is -2.13. The molecule has 0 heterocycles. The predicted molar refractivity (Wildman–Crippen MR) is 64.2 cm³/mol. The summed E-state index contributed by atoms with van der Waals surface area (Å²) in [6.45, 7) is 3.22. The van der Waals surface area contributed by atoms with Crippen molar-refractivity contribution in [1.82, 2.24) is 5.32 Å². The van der Waals surface area contributed by atoms with Crippen LogP contribution >= 0.6 is 0 Å². The van der Waals surface area contributed by atoms with Gasteiger partial charge in [0, 0.05) is 32.9 Å². The zero-order valence-electron chi connectivity index (χ0n) is 10.1. The average molecular weight is 244 g/mol. The second kappa shape index (κ2) is 7.49. The standard InChI is InChI=1S/C12H20N2O.ClH/c1-10(15)8-13-9-11-4-6-12(7-5-11)14(2)3;/h4-7,10,13,15H,8-9H2,1-3H3;1H/p-1. The lowest BCUT2D eigenvalue weighted by Crippen LogP contribution is -3.00. The van der Waals surface area contributed by atoms with E-state index in [0.717, 1.165) is 6.54 Å². The molecular weight excluding hydrogens is 224 g/mol. The molecule has 0 saturated carbocycles. The Kier molecular flexibility index (Phi) is 7.13. The summed E-state index contributed by atoms with van der Waals surface area (Å²) in [6, 6.07) is 8.40. The van der Waals surface area contributed by atoms with Crippen molar-refractivity contribution in [3.63, 3.8) is 0 Å². The third-order valence-electron chi connectivity index (χ3n) is 2.22. The summed E-state index contributed by atoms with van der Waals surface area (Å²) in [4.78, 5) is 2.08. The number of nitrogens with one attached hydrogen (secondary N) is 1. The maximum atomic E-state index is 9.08. The third kappa shape index (κ3) is 5.35. The van der Waals surface area contributed by atoms with E-state index in [1.807, 2.05) is 14.1 Å². The van der Waals surface area contributed by atoms with Gasteiger partial charge in [0.05, 0.1) is 6.10 Å². The Balaban J connectivity index is 0.00000225. The molecule has 0 aliphatic carbocycles. The van der Waals surface area contributed by atoms with Gasteiger partial charge >= 0.3 is 0 Å². The van der Waals surface area contributed by atoms with Gasteiger partial charge in [0.2, 0.25) is 0 Å². The molecule has 0 saturated heterocycles. The monoisotopic (exact) mass is 243 g/mol. The van der Waals surface area contributed by atoms with Crippen LogP contribution in [0.15, 0.2) is 24.3 Å². The van der Waals surface area contributed by atoms with Crippen LogP contribution in [0.1, 0.15) is 12.5 Å². The van der Waals surface area contributed by atoms with Crippen LogP contribution in [0.25, 0.3) is 0 Å². The van der Waals surface area contributed by atoms with E-state index in [-0.39, 0.29) is 18.5 Å². The molecule has 0 amide bonds. The highest BCUT2D eigenvalue weighted by atomic mass is 35.5. The maximum absolute atomic E-state index is 9.08. The number of hydrogen-bond donors (Lipinski definition) is 2. The van der Waals surface area contributed by atoms with E-state index in [1.54, 1.807) is 6.92 Å². The van der Waals surface area contributed by atoms with Crippen LogP contribution in [0.5, 0.6) is 0 Å². The predicted octanol–water partition coefficient (Wildman–Crippen LogP) is -1.77. The van der Waals surface area contributed by atoms with Crippen LogP contribution in [-0.2, 0) is 6.54 Å². The van der Waals surface area contributed by atoms with E-state index in [9.17, 15) is 0 Å². The van der Waals surface area contributed by atoms with Crippen molar-refractivity contribution in [1.29, 1.82) is 0 Å². The summed E-state index contributed by atoms with van der Waals surface area (Å²) in [6.07, 6.45) is -0.286. The fourth-order valence-electron chi connectivity index (χ4n) is 1.34. The Labute approximate surface area is 104 Å². The number of hydrogen-bond acceptors (Lipinski definition) is 3. The van der Waals surface area contributed by atoms with Gasteiger partial charge in [0.1, 0.15) is 0 Å². The zero-order chi connectivity index (χ0) is 11.3. The number of nitrogens with zero attached hydrogens (tertiary/aromatic N) is 1. The molecule has 0 radical (unpaired) electrons. The number of rotatable bonds is 5. The Morgan fingerprint density at radius 3 is 2.25 bits per heavy atom. The molecule has 0 bridgehead atoms. The molecule has 0 spiro atoms. The Morgan fingerprint density at radius 2 is 1.81 bits per heavy atom. The fraction of sp³-hybridized carbons (Fsp3) is 0.500. The van der Waals surface area contributed by atoms with E-state index < -0.39 is 0 Å². The normalized spacial score (nSPS) is 11.8. The smallest absolute Gasteiger partial charge is 0.0636 e. The minimum Gasteiger partial charge on any atom is -1.00 e. The highest BCUT2D eigenvalue weighted by molar-refractivity contribution is 5.45. The number of anilines is 1. The third-order valence-corrected chi connectivity index (χ3v) is 2.22. The number of aliphatic hydroxyl groups is 1. The quantitative estimate of drug-likeness (QED) is 0.643. The lowest BCUT2D eigenvalue weighted by atomic mass is 10.2. The van der Waals surface area contributed by atoms with Gasteiger partial charge in [-0.25, -0.2) is 0 Å². The van der Waals surface area contributed by atoms with Crippen LogP contribution in [0.3, 0.4) is 0 Å². The molecule has 2 N–H and O–H groups in total. The van der Waals surface area contributed by atoms with Gasteiger partial charge in [0.25, 0.3) is 0 Å². The summed E-state index contributed by atoms with van der Waals surface area (Å²) in [5.74, 6) is 0. The van der Waals surface area contributed by atoms with Gasteiger partial charge in [-0.15, -0.1) is 0 Å². The van der Waals surface area contributed by atoms with Gasteiger partial charge in [-0.2, -0.15) is 0 Å². The summed E-state index contributed by atoms with van der Waals surface area (Å²) >= 11 is 0. The molecule has 16 heavy (non-hydrogen) atoms. The summed E-state index contributed by atoms with van der Waals surface area (Å²) in [5, 5.41) is 12.3. The van der Waals surface area contributed by atoms with Crippen molar-refractivity contribution in [3.8, 4) is 0 Å². The van der Waals surface area contributed by atoms with Crippen LogP contribution in [0.2, 0.25) is 0 Å². The second-order valence-corrected chi connectivity index (χ2v) is 4.04. The molecule has 3 nitrogen and oxygen atoms in total. The van der Waals surface area contributed by atoms with Crippen molar-refractivity contribution < 1.29 is 17.5 Å². The van der Waals surface area contributed by atoms with Crippen molar-refractivity contribution in [2.45, 2.75) is 19.6 Å². The van der Waals surface area contributed by atoms with E-state index in [1.165, 1.54) is 11.3 Å². The van der Waals surface area contributed by atoms with Crippen molar-refractivity contribution in [2.75, 3.05) is 25.5 Å². The maximum Gasteiger partial charge on any atom is 0.0636 e. The Morgan fingerprint density at radius 1 is 1.25 bits per heavy atom. The molecule has 4 heteroatoms. The molecule has 0 fully saturated rings. The molecule has 92 valence electrons. The van der Waals surface area contributed by atoms with Gasteiger partial charge in [-0.1, -0.05) is 12.1 Å². The number of benzene rings is 1. The summed E-state index contributed by atoms with van der Waals surface area (Å²) < 4.78 is 0. The van der Waals surface area contributed by atoms with Crippen molar-refractivity contribution in [3.05, 3.63) is 29.8 Å². The molecule has 0 aliphatic heterocycles. The van der Waals surface area contributed by atoms with Crippen molar-refractivity contribution in [2.24, 2.45) is 0 Å². The lowest BCUT2D eigenvalue weighted by molar-refractivity contribution is -0.00000546. The van der Waals surface area contributed by atoms with E-state index >= 15 is 0 Å². The molecular formula is C12H20ClN2O-. The Bertz CT molecular complexity index is 286. The van der Waals surface area contributed by atoms with Gasteiger partial charge < -0.3 is 27.7 Å². The summed E-state index contributed by atoms with van der Waals surface area (Å²) in [7, 11) is 4.06. The van der Waals surface area contributed by atoms with E-state index in [0.29, 0.717) is 6.54 Å². The molecule has 1 rings (SSSR count). The molecule has 1 unspecified atom stereocenters. The van der Waals surface area contributed by atoms with Gasteiger partial charge in [-0.05, 0) is 24.6 Å². The second-order valence-electron chi connectivity index (χ2n) is 4.04. The first-order chi connectivity index (χ1) is 7.09. The highest BCUT2D eigenvalue weighted by Gasteiger charge is 1.97. The molecule has 1 atom stereocenters. The van der Waals surface area contributed by atoms with E-state index in [4.69, 9.17) is 5.11 Å². The highest BCUT2D eigenvalue weighted by Crippen LogP contribution is 2.11. The van der Waals surface area contributed by atoms with Gasteiger partial charge in [-0.3, -0.25) is 0 Å². The van der Waals surface area contributed by atoms with Crippen LogP contribution in [-0.4, -0.2) is 31.9 Å². The average Bonchev–Trinajstić information content (AvgIpc) is 2.18. The first-order valence-electron chi connectivity index (χ1n) is 5.24. The van der Waals surface area contributed by atoms with E-state index in [2.05, 4.69) is 34.5 Å². The molecule has 0 aromatic heterocycles. The first kappa shape index (κ1) is 15.2. The number of halogens is 1. The van der Waals surface area contributed by atoms with Crippen LogP contribution < -0.4 is 22.6 Å². The number of aliphatic hydroxyl groups excluding tert-OH is 1. The van der Waals surface area contributed by atoms with Gasteiger partial charge in [0.15, 0.2) is 0 Å². The minimum absolute atomic E-state index is 0. The zero-order valence-corrected chi connectivity index (χ0v) is 10.8. The topological polar surface area (TPSA) is 35.5 Å². The fourth-order valence-corrected chi connectivity index (χ4v) is 1.34. The SMILES string of the molecule is CC(O)CNCc1ccc(N(C)C)cc1.[Cl-]. The molecule has 1 aromatic rings. The Hall–Kier alpha value is -0.770. The molecule has 1 aromatic carbocycles. The minimum atomic E-state index is -0.286. The van der Waals surface area contributed by atoms with Crippen molar-refractivity contribution >= 4 is 5.69 Å². The summed E-state index contributed by atoms with van der Waals surface area (Å²) in [5.41, 5.74) is 2.44. The first-order valence-corrected chi connectivity index (χ1v) is 5.24. The largest absolute Gasteiger partial charge is 1.00 e.